The van der Waals surface area contributed by atoms with Gasteiger partial charge < -0.3 is 5.73 Å². The molecule has 0 heterocycles. The van der Waals surface area contributed by atoms with Gasteiger partial charge in [0.25, 0.3) is 0 Å². The van der Waals surface area contributed by atoms with Gasteiger partial charge in [0.1, 0.15) is 0 Å². The second-order valence-corrected chi connectivity index (χ2v) is 6.25. The van der Waals surface area contributed by atoms with Crippen LogP contribution in [0.15, 0.2) is 0 Å². The van der Waals surface area contributed by atoms with Crippen LogP contribution in [0, 0.1) is 5.92 Å². The second-order valence-electron chi connectivity index (χ2n) is 6.25. The minimum atomic E-state index is 0.170. The van der Waals surface area contributed by atoms with Crippen LogP contribution in [-0.4, -0.2) is 30.1 Å². The van der Waals surface area contributed by atoms with E-state index < -0.39 is 0 Å². The first kappa shape index (κ1) is 16.9. The monoisotopic (exact) mass is 242 g/mol. The van der Waals surface area contributed by atoms with E-state index in [1.807, 2.05) is 0 Å². The molecule has 0 spiro atoms. The molecule has 0 aliphatic carbocycles. The van der Waals surface area contributed by atoms with Crippen LogP contribution in [0.25, 0.3) is 0 Å². The van der Waals surface area contributed by atoms with Crippen molar-refractivity contribution in [2.24, 2.45) is 11.7 Å². The van der Waals surface area contributed by atoms with E-state index in [9.17, 15) is 0 Å². The third-order valence-corrected chi connectivity index (χ3v) is 4.08. The standard InChI is InChI=1S/C15H34N2/c1-7-8-9-10-15(5,12-16)17(6)14(4)11-13(2)3/h13-14H,7-12,16H2,1-6H3. The van der Waals surface area contributed by atoms with Crippen LogP contribution in [0.3, 0.4) is 0 Å². The van der Waals surface area contributed by atoms with Crippen LogP contribution < -0.4 is 5.73 Å². The molecule has 0 aromatic heterocycles. The highest BCUT2D eigenvalue weighted by Gasteiger charge is 2.30. The predicted octanol–water partition coefficient (Wildman–Crippen LogP) is 3.65. The number of likely N-dealkylation sites (N-methyl/N-ethyl adjacent to an activating group) is 1. The SMILES string of the molecule is CCCCCC(C)(CN)N(C)C(C)CC(C)C. The van der Waals surface area contributed by atoms with Gasteiger partial charge in [-0.1, -0.05) is 40.0 Å². The van der Waals surface area contributed by atoms with E-state index in [-0.39, 0.29) is 5.54 Å². The van der Waals surface area contributed by atoms with E-state index in [1.165, 1.54) is 32.1 Å². The quantitative estimate of drug-likeness (QED) is 0.625. The number of nitrogens with zero attached hydrogens (tertiary/aromatic N) is 1. The Kier molecular flexibility index (Phi) is 8.06. The van der Waals surface area contributed by atoms with Crippen LogP contribution in [0.1, 0.15) is 66.7 Å². The van der Waals surface area contributed by atoms with E-state index in [0.29, 0.717) is 6.04 Å². The lowest BCUT2D eigenvalue weighted by atomic mass is 9.90. The predicted molar refractivity (Wildman–Crippen MR) is 78.3 cm³/mol. The molecule has 0 radical (unpaired) electrons. The first-order chi connectivity index (χ1) is 7.87. The maximum Gasteiger partial charge on any atom is 0.0303 e. The molecule has 0 bridgehead atoms. The number of hydrogen-bond donors (Lipinski definition) is 1. The molecule has 17 heavy (non-hydrogen) atoms. The fourth-order valence-electron chi connectivity index (χ4n) is 2.55. The van der Waals surface area contributed by atoms with Crippen molar-refractivity contribution in [2.45, 2.75) is 78.3 Å². The van der Waals surface area contributed by atoms with Crippen molar-refractivity contribution in [3.05, 3.63) is 0 Å². The molecule has 2 nitrogen and oxygen atoms in total. The molecule has 0 aromatic carbocycles. The Bertz CT molecular complexity index is 191. The Morgan fingerprint density at radius 2 is 1.76 bits per heavy atom. The molecular formula is C15H34N2. The van der Waals surface area contributed by atoms with Crippen LogP contribution in [0.4, 0.5) is 0 Å². The van der Waals surface area contributed by atoms with E-state index in [2.05, 4.69) is 46.6 Å². The molecule has 0 saturated carbocycles. The van der Waals surface area contributed by atoms with Gasteiger partial charge in [-0.15, -0.1) is 0 Å². The maximum absolute atomic E-state index is 6.02. The second kappa shape index (κ2) is 8.10. The van der Waals surface area contributed by atoms with Gasteiger partial charge in [-0.2, -0.15) is 0 Å². The summed E-state index contributed by atoms with van der Waals surface area (Å²) in [7, 11) is 2.24. The van der Waals surface area contributed by atoms with Gasteiger partial charge in [0.2, 0.25) is 0 Å². The van der Waals surface area contributed by atoms with Gasteiger partial charge in [-0.25, -0.2) is 0 Å². The Morgan fingerprint density at radius 3 is 2.18 bits per heavy atom. The highest BCUT2D eigenvalue weighted by Crippen LogP contribution is 2.24. The lowest BCUT2D eigenvalue weighted by Crippen LogP contribution is -2.53. The van der Waals surface area contributed by atoms with Crippen molar-refractivity contribution in [1.29, 1.82) is 0 Å². The smallest absolute Gasteiger partial charge is 0.0303 e. The zero-order valence-corrected chi connectivity index (χ0v) is 12.9. The molecule has 0 aliphatic heterocycles. The number of nitrogens with two attached hydrogens (primary N) is 1. The molecule has 2 N–H and O–H groups in total. The molecule has 104 valence electrons. The molecular weight excluding hydrogens is 208 g/mol. The zero-order valence-electron chi connectivity index (χ0n) is 12.9. The van der Waals surface area contributed by atoms with Gasteiger partial charge >= 0.3 is 0 Å². The van der Waals surface area contributed by atoms with E-state index in [4.69, 9.17) is 5.73 Å². The summed E-state index contributed by atoms with van der Waals surface area (Å²) in [5, 5.41) is 0. The molecule has 0 fully saturated rings. The summed E-state index contributed by atoms with van der Waals surface area (Å²) in [6, 6.07) is 0.616. The fourth-order valence-corrected chi connectivity index (χ4v) is 2.55. The van der Waals surface area contributed by atoms with Crippen molar-refractivity contribution >= 4 is 0 Å². The Labute approximate surface area is 109 Å². The van der Waals surface area contributed by atoms with Crippen LogP contribution in [0.2, 0.25) is 0 Å². The topological polar surface area (TPSA) is 29.3 Å². The van der Waals surface area contributed by atoms with Crippen molar-refractivity contribution in [3.8, 4) is 0 Å². The molecule has 0 amide bonds. The molecule has 2 unspecified atom stereocenters. The Hall–Kier alpha value is -0.0800. The normalized spacial score (nSPS) is 17.5. The minimum absolute atomic E-state index is 0.170. The Balaban J connectivity index is 4.38. The van der Waals surface area contributed by atoms with Gasteiger partial charge in [0, 0.05) is 18.1 Å². The van der Waals surface area contributed by atoms with Crippen molar-refractivity contribution < 1.29 is 0 Å². The average Bonchev–Trinajstić information content (AvgIpc) is 2.27. The number of rotatable bonds is 9. The maximum atomic E-state index is 6.02. The minimum Gasteiger partial charge on any atom is -0.329 e. The average molecular weight is 242 g/mol. The lowest BCUT2D eigenvalue weighted by Gasteiger charge is -2.42. The lowest BCUT2D eigenvalue weighted by molar-refractivity contribution is 0.0791. The number of hydrogen-bond acceptors (Lipinski definition) is 2. The molecule has 0 aliphatic rings. The molecule has 2 atom stereocenters. The summed E-state index contributed by atoms with van der Waals surface area (Å²) >= 11 is 0. The summed E-state index contributed by atoms with van der Waals surface area (Å²) in [5.74, 6) is 0.755. The van der Waals surface area contributed by atoms with Gasteiger partial charge in [0.05, 0.1) is 0 Å². The molecule has 0 saturated heterocycles. The summed E-state index contributed by atoms with van der Waals surface area (Å²) in [6.07, 6.45) is 6.37. The van der Waals surface area contributed by atoms with Crippen molar-refractivity contribution in [2.75, 3.05) is 13.6 Å². The summed E-state index contributed by atoms with van der Waals surface area (Å²) in [6.45, 7) is 12.2. The third-order valence-electron chi connectivity index (χ3n) is 4.08. The summed E-state index contributed by atoms with van der Waals surface area (Å²) in [4.78, 5) is 2.50. The van der Waals surface area contributed by atoms with Gasteiger partial charge in [-0.05, 0) is 39.7 Å². The van der Waals surface area contributed by atoms with Crippen LogP contribution >= 0.6 is 0 Å². The zero-order chi connectivity index (χ0) is 13.5. The third kappa shape index (κ3) is 5.87. The highest BCUT2D eigenvalue weighted by molar-refractivity contribution is 4.88. The first-order valence-corrected chi connectivity index (χ1v) is 7.30. The van der Waals surface area contributed by atoms with Gasteiger partial charge in [-0.3, -0.25) is 4.90 Å². The van der Waals surface area contributed by atoms with Crippen LogP contribution in [0.5, 0.6) is 0 Å². The molecule has 0 aromatic rings. The summed E-state index contributed by atoms with van der Waals surface area (Å²) in [5.41, 5.74) is 6.19. The first-order valence-electron chi connectivity index (χ1n) is 7.30. The van der Waals surface area contributed by atoms with Gasteiger partial charge in [0.15, 0.2) is 0 Å². The Morgan fingerprint density at radius 1 is 1.18 bits per heavy atom. The number of unbranched alkanes of at least 4 members (excludes halogenated alkanes) is 2. The van der Waals surface area contributed by atoms with E-state index in [0.717, 1.165) is 12.5 Å². The van der Waals surface area contributed by atoms with E-state index in [1.54, 1.807) is 0 Å². The van der Waals surface area contributed by atoms with Crippen molar-refractivity contribution in [1.82, 2.24) is 4.90 Å². The largest absolute Gasteiger partial charge is 0.329 e. The van der Waals surface area contributed by atoms with E-state index >= 15 is 0 Å². The van der Waals surface area contributed by atoms with Crippen molar-refractivity contribution in [3.63, 3.8) is 0 Å². The summed E-state index contributed by atoms with van der Waals surface area (Å²) < 4.78 is 0. The molecule has 0 rings (SSSR count). The fraction of sp³-hybridized carbons (Fsp3) is 1.00. The highest BCUT2D eigenvalue weighted by atomic mass is 15.2. The van der Waals surface area contributed by atoms with Crippen LogP contribution in [-0.2, 0) is 0 Å². The molecule has 2 heteroatoms.